The van der Waals surface area contributed by atoms with Gasteiger partial charge in [0.1, 0.15) is 11.3 Å². The standard InChI is InChI=1S/C28H28N4O4S/c1-17-14-18(2)26(19(3)15-17)36-28-23(12-13-24(31-28)22-10-8-21(16-29)9-11-22)27(33)32-37(34,35)25-7-5-6-20(4)30-25/h5-15H,16,29H2,1-4H3,(H,32,33). The number of nitrogens with zero attached hydrogens (tertiary/aromatic N) is 2. The maximum Gasteiger partial charge on any atom is 0.281 e. The van der Waals surface area contributed by atoms with Crippen LogP contribution >= 0.6 is 0 Å². The summed E-state index contributed by atoms with van der Waals surface area (Å²) in [5.41, 5.74) is 11.3. The van der Waals surface area contributed by atoms with Crippen molar-refractivity contribution in [3.63, 3.8) is 0 Å². The van der Waals surface area contributed by atoms with E-state index in [1.807, 2.05) is 57.2 Å². The Hall–Kier alpha value is -4.08. The van der Waals surface area contributed by atoms with E-state index in [4.69, 9.17) is 10.5 Å². The van der Waals surface area contributed by atoms with Gasteiger partial charge in [0, 0.05) is 17.8 Å². The van der Waals surface area contributed by atoms with Crippen LogP contribution in [0.15, 0.2) is 71.8 Å². The van der Waals surface area contributed by atoms with Gasteiger partial charge in [-0.1, -0.05) is 48.0 Å². The fraction of sp³-hybridized carbons (Fsp3) is 0.179. The van der Waals surface area contributed by atoms with Gasteiger partial charge in [-0.05, 0) is 68.7 Å². The second kappa shape index (κ2) is 10.5. The quantitative estimate of drug-likeness (QED) is 0.363. The Labute approximate surface area is 216 Å². The highest BCUT2D eigenvalue weighted by molar-refractivity contribution is 7.90. The normalized spacial score (nSPS) is 11.3. The molecule has 0 fully saturated rings. The Morgan fingerprint density at radius 2 is 1.59 bits per heavy atom. The second-order valence-electron chi connectivity index (χ2n) is 8.83. The molecule has 8 nitrogen and oxygen atoms in total. The number of amides is 1. The number of hydrogen-bond donors (Lipinski definition) is 2. The molecule has 190 valence electrons. The number of hydrogen-bond acceptors (Lipinski definition) is 7. The van der Waals surface area contributed by atoms with Crippen molar-refractivity contribution >= 4 is 15.9 Å². The first-order valence-corrected chi connectivity index (χ1v) is 13.1. The number of carbonyl (C=O) groups excluding carboxylic acids is 1. The number of nitrogens with one attached hydrogen (secondary N) is 1. The van der Waals surface area contributed by atoms with Crippen LogP contribution in [0.5, 0.6) is 11.6 Å². The van der Waals surface area contributed by atoms with Crippen LogP contribution in [0.1, 0.15) is 38.3 Å². The molecule has 0 aliphatic heterocycles. The number of nitrogens with two attached hydrogens (primary N) is 1. The molecule has 0 aliphatic rings. The van der Waals surface area contributed by atoms with Crippen LogP contribution < -0.4 is 15.2 Å². The second-order valence-corrected chi connectivity index (χ2v) is 10.5. The summed E-state index contributed by atoms with van der Waals surface area (Å²) >= 11 is 0. The van der Waals surface area contributed by atoms with Crippen LogP contribution in [0.2, 0.25) is 0 Å². The number of ether oxygens (including phenoxy) is 1. The molecule has 0 saturated carbocycles. The van der Waals surface area contributed by atoms with E-state index in [0.717, 1.165) is 27.8 Å². The molecule has 9 heteroatoms. The predicted octanol–water partition coefficient (Wildman–Crippen LogP) is 4.75. The van der Waals surface area contributed by atoms with Crippen LogP contribution in [-0.2, 0) is 16.6 Å². The average Bonchev–Trinajstić information content (AvgIpc) is 2.86. The van der Waals surface area contributed by atoms with Gasteiger partial charge in [-0.25, -0.2) is 14.7 Å². The third-order valence-corrected chi connectivity index (χ3v) is 6.99. The van der Waals surface area contributed by atoms with Gasteiger partial charge in [0.15, 0.2) is 5.03 Å². The molecule has 0 bridgehead atoms. The number of rotatable bonds is 7. The summed E-state index contributed by atoms with van der Waals surface area (Å²) in [6, 6.07) is 19.2. The molecule has 2 aromatic heterocycles. The zero-order chi connectivity index (χ0) is 26.7. The first-order chi connectivity index (χ1) is 17.6. The minimum Gasteiger partial charge on any atom is -0.438 e. The molecule has 37 heavy (non-hydrogen) atoms. The summed E-state index contributed by atoms with van der Waals surface area (Å²) in [5.74, 6) is -0.343. The molecule has 0 radical (unpaired) electrons. The molecule has 1 amide bonds. The fourth-order valence-electron chi connectivity index (χ4n) is 3.98. The van der Waals surface area contributed by atoms with Gasteiger partial charge in [-0.3, -0.25) is 4.79 Å². The van der Waals surface area contributed by atoms with E-state index in [2.05, 4.69) is 14.7 Å². The zero-order valence-electron chi connectivity index (χ0n) is 21.1. The number of pyridine rings is 2. The monoisotopic (exact) mass is 516 g/mol. The van der Waals surface area contributed by atoms with Gasteiger partial charge in [-0.15, -0.1) is 0 Å². The first-order valence-electron chi connectivity index (χ1n) is 11.6. The van der Waals surface area contributed by atoms with Gasteiger partial charge in [0.25, 0.3) is 15.9 Å². The lowest BCUT2D eigenvalue weighted by Gasteiger charge is -2.16. The minimum absolute atomic E-state index is 0.0136. The number of carbonyl (C=O) groups is 1. The van der Waals surface area contributed by atoms with E-state index in [1.54, 1.807) is 25.1 Å². The smallest absolute Gasteiger partial charge is 0.281 e. The van der Waals surface area contributed by atoms with Crippen molar-refractivity contribution in [3.05, 3.63) is 100 Å². The molecule has 0 unspecified atom stereocenters. The molecule has 4 aromatic rings. The lowest BCUT2D eigenvalue weighted by Crippen LogP contribution is -2.31. The van der Waals surface area contributed by atoms with Gasteiger partial charge < -0.3 is 10.5 Å². The predicted molar refractivity (Wildman–Crippen MR) is 142 cm³/mol. The summed E-state index contributed by atoms with van der Waals surface area (Å²) < 4.78 is 34.0. The first kappa shape index (κ1) is 26.0. The van der Waals surface area contributed by atoms with Crippen LogP contribution in [0.25, 0.3) is 11.3 Å². The third kappa shape index (κ3) is 5.84. The lowest BCUT2D eigenvalue weighted by molar-refractivity contribution is 0.0978. The van der Waals surface area contributed by atoms with Crippen molar-refractivity contribution in [2.24, 2.45) is 5.73 Å². The molecule has 4 rings (SSSR count). The van der Waals surface area contributed by atoms with Gasteiger partial charge in [-0.2, -0.15) is 8.42 Å². The molecule has 2 heterocycles. The van der Waals surface area contributed by atoms with E-state index >= 15 is 0 Å². The highest BCUT2D eigenvalue weighted by Gasteiger charge is 2.24. The maximum atomic E-state index is 13.2. The van der Waals surface area contributed by atoms with E-state index in [0.29, 0.717) is 23.7 Å². The highest BCUT2D eigenvalue weighted by Crippen LogP contribution is 2.32. The van der Waals surface area contributed by atoms with Crippen molar-refractivity contribution < 1.29 is 17.9 Å². The molecule has 0 atom stereocenters. The van der Waals surface area contributed by atoms with Crippen LogP contribution in [0.3, 0.4) is 0 Å². The van der Waals surface area contributed by atoms with Crippen LogP contribution in [0, 0.1) is 27.7 Å². The third-order valence-electron chi connectivity index (χ3n) is 5.76. The Bertz CT molecular complexity index is 1560. The summed E-state index contributed by atoms with van der Waals surface area (Å²) in [6.45, 7) is 7.87. The Morgan fingerprint density at radius 1 is 0.919 bits per heavy atom. The number of benzene rings is 2. The van der Waals surface area contributed by atoms with Crippen molar-refractivity contribution in [2.75, 3.05) is 0 Å². The van der Waals surface area contributed by atoms with Crippen LogP contribution in [-0.4, -0.2) is 24.3 Å². The van der Waals surface area contributed by atoms with E-state index in [-0.39, 0.29) is 16.5 Å². The SMILES string of the molecule is Cc1cc(C)c(Oc2nc(-c3ccc(CN)cc3)ccc2C(=O)NS(=O)(=O)c2cccc(C)n2)c(C)c1. The molecule has 3 N–H and O–H groups in total. The fourth-order valence-corrected chi connectivity index (χ4v) is 4.97. The molecule has 0 spiro atoms. The summed E-state index contributed by atoms with van der Waals surface area (Å²) in [7, 11) is -4.22. The van der Waals surface area contributed by atoms with Crippen molar-refractivity contribution in [2.45, 2.75) is 39.3 Å². The van der Waals surface area contributed by atoms with Crippen molar-refractivity contribution in [1.82, 2.24) is 14.7 Å². The highest BCUT2D eigenvalue weighted by atomic mass is 32.2. The topological polar surface area (TPSA) is 124 Å². The molecule has 0 saturated heterocycles. The lowest BCUT2D eigenvalue weighted by atomic mass is 10.1. The molecular weight excluding hydrogens is 488 g/mol. The van der Waals surface area contributed by atoms with Gasteiger partial charge in [0.2, 0.25) is 5.88 Å². The maximum absolute atomic E-state index is 13.2. The summed E-state index contributed by atoms with van der Waals surface area (Å²) in [4.78, 5) is 21.9. The molecule has 2 aromatic carbocycles. The summed E-state index contributed by atoms with van der Waals surface area (Å²) in [5, 5.41) is -0.252. The number of aromatic nitrogens is 2. The Balaban J connectivity index is 1.77. The van der Waals surface area contributed by atoms with Crippen molar-refractivity contribution in [1.29, 1.82) is 0 Å². The van der Waals surface area contributed by atoms with E-state index in [9.17, 15) is 13.2 Å². The minimum atomic E-state index is -4.22. The number of sulfonamides is 1. The Kier molecular flexibility index (Phi) is 7.37. The average molecular weight is 517 g/mol. The van der Waals surface area contributed by atoms with E-state index < -0.39 is 15.9 Å². The molecular formula is C28H28N4O4S. The van der Waals surface area contributed by atoms with Crippen LogP contribution in [0.4, 0.5) is 0 Å². The Morgan fingerprint density at radius 3 is 2.22 bits per heavy atom. The van der Waals surface area contributed by atoms with Crippen molar-refractivity contribution in [3.8, 4) is 22.9 Å². The van der Waals surface area contributed by atoms with Gasteiger partial charge >= 0.3 is 0 Å². The van der Waals surface area contributed by atoms with Gasteiger partial charge in [0.05, 0.1) is 5.69 Å². The number of aryl methyl sites for hydroxylation is 4. The largest absolute Gasteiger partial charge is 0.438 e. The molecule has 0 aliphatic carbocycles. The summed E-state index contributed by atoms with van der Waals surface area (Å²) in [6.07, 6.45) is 0. The zero-order valence-corrected chi connectivity index (χ0v) is 21.9. The van der Waals surface area contributed by atoms with E-state index in [1.165, 1.54) is 12.1 Å².